The zero-order valence-corrected chi connectivity index (χ0v) is 11.2. The second kappa shape index (κ2) is 5.78. The van der Waals surface area contributed by atoms with Crippen LogP contribution in [0.5, 0.6) is 5.75 Å². The topological polar surface area (TPSA) is 38.3 Å². The van der Waals surface area contributed by atoms with Crippen LogP contribution in [0, 0.1) is 0 Å². The molecule has 0 saturated carbocycles. The van der Waals surface area contributed by atoms with Gasteiger partial charge in [-0.05, 0) is 17.2 Å². The van der Waals surface area contributed by atoms with Gasteiger partial charge in [-0.1, -0.05) is 48.5 Å². The molecule has 0 bridgehead atoms. The minimum atomic E-state index is 0.118. The highest BCUT2D eigenvalue weighted by Gasteiger charge is 2.25. The van der Waals surface area contributed by atoms with Gasteiger partial charge in [-0.25, -0.2) is 0 Å². The third-order valence-electron chi connectivity index (χ3n) is 3.57. The minimum absolute atomic E-state index is 0.118. The summed E-state index contributed by atoms with van der Waals surface area (Å²) in [5.74, 6) is 1.21. The van der Waals surface area contributed by atoms with E-state index >= 15 is 0 Å². The number of carbonyl (C=O) groups excluding carboxylic acids is 1. The van der Waals surface area contributed by atoms with E-state index in [-0.39, 0.29) is 11.8 Å². The summed E-state index contributed by atoms with van der Waals surface area (Å²) < 4.78 is 5.93. The molecule has 0 aromatic heterocycles. The standard InChI is InChI=1S/C17H17NO2/c19-17-10-14(11-18-17)15-8-4-5-9-16(15)20-12-13-6-2-1-3-7-13/h1-9,14H,10-12H2,(H,18,19). The highest BCUT2D eigenvalue weighted by molar-refractivity contribution is 5.79. The molecular formula is C17H17NO2. The van der Waals surface area contributed by atoms with E-state index in [1.54, 1.807) is 0 Å². The Morgan fingerprint density at radius 2 is 1.80 bits per heavy atom. The van der Waals surface area contributed by atoms with Crippen molar-refractivity contribution in [2.45, 2.75) is 18.9 Å². The molecule has 3 rings (SSSR count). The SMILES string of the molecule is O=C1CC(c2ccccc2OCc2ccccc2)CN1. The van der Waals surface area contributed by atoms with Gasteiger partial charge in [0, 0.05) is 18.9 Å². The first-order chi connectivity index (χ1) is 9.83. The van der Waals surface area contributed by atoms with Gasteiger partial charge in [0.25, 0.3) is 0 Å². The Kier molecular flexibility index (Phi) is 3.68. The van der Waals surface area contributed by atoms with E-state index in [2.05, 4.69) is 5.32 Å². The van der Waals surface area contributed by atoms with Gasteiger partial charge in [0.1, 0.15) is 12.4 Å². The van der Waals surface area contributed by atoms with Crippen LogP contribution in [0.3, 0.4) is 0 Å². The maximum Gasteiger partial charge on any atom is 0.220 e. The molecule has 1 amide bonds. The summed E-state index contributed by atoms with van der Waals surface area (Å²) in [6.07, 6.45) is 0.547. The summed E-state index contributed by atoms with van der Waals surface area (Å²) in [5.41, 5.74) is 2.25. The molecule has 1 unspecified atom stereocenters. The van der Waals surface area contributed by atoms with E-state index in [0.717, 1.165) is 16.9 Å². The molecule has 1 saturated heterocycles. The molecule has 0 aliphatic carbocycles. The lowest BCUT2D eigenvalue weighted by molar-refractivity contribution is -0.119. The maximum atomic E-state index is 11.4. The molecule has 2 aromatic rings. The fourth-order valence-electron chi connectivity index (χ4n) is 2.51. The molecule has 1 aliphatic heterocycles. The number of hydrogen-bond acceptors (Lipinski definition) is 2. The Bertz CT molecular complexity index is 595. The summed E-state index contributed by atoms with van der Waals surface area (Å²) in [7, 11) is 0. The van der Waals surface area contributed by atoms with Gasteiger partial charge in [0.15, 0.2) is 0 Å². The molecule has 2 aromatic carbocycles. The van der Waals surface area contributed by atoms with Crippen LogP contribution in [0.1, 0.15) is 23.5 Å². The first-order valence-corrected chi connectivity index (χ1v) is 6.85. The summed E-state index contributed by atoms with van der Waals surface area (Å²) in [6.45, 7) is 1.25. The van der Waals surface area contributed by atoms with Gasteiger partial charge in [-0.3, -0.25) is 4.79 Å². The van der Waals surface area contributed by atoms with Gasteiger partial charge in [0.05, 0.1) is 0 Å². The summed E-state index contributed by atoms with van der Waals surface area (Å²) in [5, 5.41) is 2.87. The van der Waals surface area contributed by atoms with Crippen molar-refractivity contribution in [3.8, 4) is 5.75 Å². The Balaban J connectivity index is 1.74. The number of ether oxygens (including phenoxy) is 1. The minimum Gasteiger partial charge on any atom is -0.489 e. The van der Waals surface area contributed by atoms with Gasteiger partial charge in [0.2, 0.25) is 5.91 Å². The van der Waals surface area contributed by atoms with Gasteiger partial charge in [-0.15, -0.1) is 0 Å². The first kappa shape index (κ1) is 12.7. The van der Waals surface area contributed by atoms with Crippen molar-refractivity contribution >= 4 is 5.91 Å². The van der Waals surface area contributed by atoms with Crippen LogP contribution in [-0.4, -0.2) is 12.5 Å². The number of amides is 1. The lowest BCUT2D eigenvalue weighted by atomic mass is 9.97. The number of carbonyl (C=O) groups is 1. The van der Waals surface area contributed by atoms with Crippen LogP contribution >= 0.6 is 0 Å². The number of hydrogen-bond donors (Lipinski definition) is 1. The Labute approximate surface area is 118 Å². The van der Waals surface area contributed by atoms with E-state index in [4.69, 9.17) is 4.74 Å². The van der Waals surface area contributed by atoms with Crippen LogP contribution < -0.4 is 10.1 Å². The average molecular weight is 267 g/mol. The lowest BCUT2D eigenvalue weighted by Gasteiger charge is -2.15. The molecule has 0 radical (unpaired) electrons. The van der Waals surface area contributed by atoms with E-state index in [9.17, 15) is 4.79 Å². The van der Waals surface area contributed by atoms with Crippen molar-refractivity contribution in [1.82, 2.24) is 5.32 Å². The lowest BCUT2D eigenvalue weighted by Crippen LogP contribution is -2.13. The number of para-hydroxylation sites is 1. The Morgan fingerprint density at radius 1 is 1.05 bits per heavy atom. The van der Waals surface area contributed by atoms with Crippen molar-refractivity contribution in [1.29, 1.82) is 0 Å². The summed E-state index contributed by atoms with van der Waals surface area (Å²) in [6, 6.07) is 18.1. The molecule has 1 heterocycles. The Morgan fingerprint density at radius 3 is 2.55 bits per heavy atom. The third kappa shape index (κ3) is 2.82. The van der Waals surface area contributed by atoms with E-state index < -0.39 is 0 Å². The molecule has 20 heavy (non-hydrogen) atoms. The molecular weight excluding hydrogens is 250 g/mol. The predicted octanol–water partition coefficient (Wildman–Crippen LogP) is 2.87. The van der Waals surface area contributed by atoms with E-state index in [1.165, 1.54) is 0 Å². The third-order valence-corrected chi connectivity index (χ3v) is 3.57. The normalized spacial score (nSPS) is 17.8. The summed E-state index contributed by atoms with van der Waals surface area (Å²) in [4.78, 5) is 11.4. The van der Waals surface area contributed by atoms with Crippen molar-refractivity contribution in [3.63, 3.8) is 0 Å². The molecule has 1 aliphatic rings. The van der Waals surface area contributed by atoms with Crippen molar-refractivity contribution < 1.29 is 9.53 Å². The van der Waals surface area contributed by atoms with Crippen molar-refractivity contribution in [3.05, 3.63) is 65.7 Å². The highest BCUT2D eigenvalue weighted by Crippen LogP contribution is 2.31. The van der Waals surface area contributed by atoms with Gasteiger partial charge >= 0.3 is 0 Å². The zero-order chi connectivity index (χ0) is 13.8. The fourth-order valence-corrected chi connectivity index (χ4v) is 2.51. The summed E-state index contributed by atoms with van der Waals surface area (Å²) >= 11 is 0. The molecule has 3 heteroatoms. The van der Waals surface area contributed by atoms with Crippen molar-refractivity contribution in [2.24, 2.45) is 0 Å². The van der Waals surface area contributed by atoms with Gasteiger partial charge < -0.3 is 10.1 Å². The second-order valence-corrected chi connectivity index (χ2v) is 5.02. The van der Waals surface area contributed by atoms with Crippen LogP contribution in [0.25, 0.3) is 0 Å². The van der Waals surface area contributed by atoms with Crippen LogP contribution in [0.2, 0.25) is 0 Å². The number of benzene rings is 2. The second-order valence-electron chi connectivity index (χ2n) is 5.02. The fraction of sp³-hybridized carbons (Fsp3) is 0.235. The molecule has 1 atom stereocenters. The van der Waals surface area contributed by atoms with Crippen LogP contribution in [0.4, 0.5) is 0 Å². The molecule has 102 valence electrons. The predicted molar refractivity (Wildman–Crippen MR) is 77.6 cm³/mol. The Hall–Kier alpha value is -2.29. The highest BCUT2D eigenvalue weighted by atomic mass is 16.5. The van der Waals surface area contributed by atoms with Crippen molar-refractivity contribution in [2.75, 3.05) is 6.54 Å². The molecule has 3 nitrogen and oxygen atoms in total. The largest absolute Gasteiger partial charge is 0.489 e. The van der Waals surface area contributed by atoms with E-state index in [0.29, 0.717) is 19.6 Å². The zero-order valence-electron chi connectivity index (χ0n) is 11.2. The van der Waals surface area contributed by atoms with Crippen LogP contribution in [-0.2, 0) is 11.4 Å². The molecule has 0 spiro atoms. The van der Waals surface area contributed by atoms with E-state index in [1.807, 2.05) is 54.6 Å². The molecule has 1 fully saturated rings. The quantitative estimate of drug-likeness (QED) is 0.925. The molecule has 1 N–H and O–H groups in total. The number of rotatable bonds is 4. The van der Waals surface area contributed by atoms with Gasteiger partial charge in [-0.2, -0.15) is 0 Å². The monoisotopic (exact) mass is 267 g/mol. The van der Waals surface area contributed by atoms with Crippen LogP contribution in [0.15, 0.2) is 54.6 Å². The average Bonchev–Trinajstić information content (AvgIpc) is 2.93. The number of nitrogens with one attached hydrogen (secondary N) is 1. The maximum absolute atomic E-state index is 11.4. The first-order valence-electron chi connectivity index (χ1n) is 6.85. The smallest absolute Gasteiger partial charge is 0.220 e.